The molecule has 0 spiro atoms. The summed E-state index contributed by atoms with van der Waals surface area (Å²) in [5, 5.41) is -0.139. The van der Waals surface area contributed by atoms with E-state index in [1.54, 1.807) is 17.0 Å². The molecule has 1 fully saturated rings. The van der Waals surface area contributed by atoms with Gasteiger partial charge in [0.05, 0.1) is 0 Å². The number of benzene rings is 1. The summed E-state index contributed by atoms with van der Waals surface area (Å²) >= 11 is 0.856. The molecular weight excluding hydrogens is 284 g/mol. The molecule has 0 aromatic heterocycles. The van der Waals surface area contributed by atoms with Crippen LogP contribution in [0.5, 0.6) is 0 Å². The average Bonchev–Trinajstić information content (AvgIpc) is 2.53. The maximum Gasteiger partial charge on any atom is 0.327 e. The Morgan fingerprint density at radius 2 is 1.76 bits per heavy atom. The number of hydrogen-bond acceptors (Lipinski definition) is 3. The lowest BCUT2D eigenvalue weighted by Gasteiger charge is -2.30. The molecule has 0 aliphatic heterocycles. The van der Waals surface area contributed by atoms with Crippen LogP contribution < -0.4 is 4.72 Å². The van der Waals surface area contributed by atoms with Gasteiger partial charge >= 0.3 is 6.03 Å². The molecule has 1 saturated carbocycles. The Hall–Kier alpha value is -1.49. The highest BCUT2D eigenvalue weighted by atomic mass is 32.2. The fourth-order valence-corrected chi connectivity index (χ4v) is 3.12. The smallest absolute Gasteiger partial charge is 0.324 e. The molecule has 0 heterocycles. The van der Waals surface area contributed by atoms with Crippen molar-refractivity contribution in [1.29, 1.82) is 0 Å². The maximum absolute atomic E-state index is 12.1. The van der Waals surface area contributed by atoms with Gasteiger partial charge in [-0.25, -0.2) is 4.79 Å². The molecule has 1 aromatic rings. The zero-order valence-corrected chi connectivity index (χ0v) is 13.4. The van der Waals surface area contributed by atoms with Gasteiger partial charge in [-0.15, -0.1) is 0 Å². The Labute approximate surface area is 130 Å². The van der Waals surface area contributed by atoms with Gasteiger partial charge in [0.2, 0.25) is 5.12 Å². The number of nitrogens with one attached hydrogen (secondary N) is 1. The summed E-state index contributed by atoms with van der Waals surface area (Å²) < 4.78 is 2.65. The lowest BCUT2D eigenvalue weighted by molar-refractivity contribution is 0.108. The first-order valence-electron chi connectivity index (χ1n) is 7.38. The summed E-state index contributed by atoms with van der Waals surface area (Å²) in [4.78, 5) is 25.8. The van der Waals surface area contributed by atoms with Crippen LogP contribution in [0.15, 0.2) is 24.3 Å². The van der Waals surface area contributed by atoms with E-state index in [1.165, 1.54) is 19.3 Å². The molecular formula is C16H22N2O2S. The summed E-state index contributed by atoms with van der Waals surface area (Å²) in [6.45, 7) is 1.97. The number of urea groups is 1. The number of carbonyl (C=O) groups is 2. The molecule has 21 heavy (non-hydrogen) atoms. The van der Waals surface area contributed by atoms with Crippen LogP contribution in [-0.4, -0.2) is 29.1 Å². The second-order valence-corrected chi connectivity index (χ2v) is 6.34. The highest BCUT2D eigenvalue weighted by molar-refractivity contribution is 8.12. The first kappa shape index (κ1) is 15.9. The first-order chi connectivity index (χ1) is 10.1. The minimum Gasteiger partial charge on any atom is -0.324 e. The van der Waals surface area contributed by atoms with Crippen molar-refractivity contribution < 1.29 is 9.59 Å². The maximum atomic E-state index is 12.1. The molecule has 0 radical (unpaired) electrons. The summed E-state index contributed by atoms with van der Waals surface area (Å²) in [6.07, 6.45) is 5.73. The van der Waals surface area contributed by atoms with Crippen LogP contribution in [0.2, 0.25) is 0 Å². The van der Waals surface area contributed by atoms with Gasteiger partial charge < -0.3 is 4.90 Å². The minimum absolute atomic E-state index is 0.139. The number of nitrogens with zero attached hydrogens (tertiary/aromatic N) is 1. The van der Waals surface area contributed by atoms with Gasteiger partial charge in [0.25, 0.3) is 0 Å². The van der Waals surface area contributed by atoms with Crippen molar-refractivity contribution in [2.75, 3.05) is 7.05 Å². The molecule has 0 atom stereocenters. The van der Waals surface area contributed by atoms with E-state index in [1.807, 2.05) is 26.1 Å². The molecule has 4 nitrogen and oxygen atoms in total. The third-order valence-corrected chi connectivity index (χ3v) is 4.66. The van der Waals surface area contributed by atoms with Gasteiger partial charge in [0, 0.05) is 30.6 Å². The Kier molecular flexibility index (Phi) is 5.67. The van der Waals surface area contributed by atoms with Crippen molar-refractivity contribution >= 4 is 23.1 Å². The number of rotatable bonds is 2. The molecule has 1 N–H and O–H groups in total. The molecule has 0 bridgehead atoms. The molecule has 2 amide bonds. The van der Waals surface area contributed by atoms with Crippen LogP contribution in [0.1, 0.15) is 48.0 Å². The zero-order valence-electron chi connectivity index (χ0n) is 12.6. The van der Waals surface area contributed by atoms with Gasteiger partial charge in [-0.2, -0.15) is 0 Å². The molecule has 2 rings (SSSR count). The minimum atomic E-state index is -0.188. The molecule has 114 valence electrons. The van der Waals surface area contributed by atoms with E-state index >= 15 is 0 Å². The lowest BCUT2D eigenvalue weighted by atomic mass is 9.95. The average molecular weight is 306 g/mol. The monoisotopic (exact) mass is 306 g/mol. The fraction of sp³-hybridized carbons (Fsp3) is 0.500. The Morgan fingerprint density at radius 1 is 1.14 bits per heavy atom. The number of amides is 2. The molecule has 1 aliphatic rings. The van der Waals surface area contributed by atoms with E-state index in [4.69, 9.17) is 0 Å². The topological polar surface area (TPSA) is 49.4 Å². The standard InChI is InChI=1S/C16H22N2O2S/c1-12-8-10-13(11-9-12)15(19)21-17-16(20)18(2)14-6-4-3-5-7-14/h8-11,14H,3-7H2,1-2H3,(H,17,20). The molecule has 0 unspecified atom stereocenters. The van der Waals surface area contributed by atoms with Crippen LogP contribution in [0.3, 0.4) is 0 Å². The summed E-state index contributed by atoms with van der Waals surface area (Å²) in [5.74, 6) is 0. The van der Waals surface area contributed by atoms with Gasteiger partial charge in [0.1, 0.15) is 0 Å². The van der Waals surface area contributed by atoms with Gasteiger partial charge in [-0.3, -0.25) is 9.52 Å². The van der Waals surface area contributed by atoms with E-state index < -0.39 is 0 Å². The predicted octanol–water partition coefficient (Wildman–Crippen LogP) is 3.76. The summed E-state index contributed by atoms with van der Waals surface area (Å²) in [7, 11) is 1.81. The van der Waals surface area contributed by atoms with Crippen molar-refractivity contribution in [3.05, 3.63) is 35.4 Å². The van der Waals surface area contributed by atoms with Gasteiger partial charge in [-0.1, -0.05) is 49.1 Å². The molecule has 1 aliphatic carbocycles. The summed E-state index contributed by atoms with van der Waals surface area (Å²) in [5.41, 5.74) is 1.71. The van der Waals surface area contributed by atoms with Crippen molar-refractivity contribution in [3.8, 4) is 0 Å². The Morgan fingerprint density at radius 3 is 2.38 bits per heavy atom. The number of carbonyl (C=O) groups excluding carboxylic acids is 2. The quantitative estimate of drug-likeness (QED) is 0.846. The SMILES string of the molecule is Cc1ccc(C(=O)SNC(=O)N(C)C2CCCCC2)cc1. The Bertz CT molecular complexity index is 496. The summed E-state index contributed by atoms with van der Waals surface area (Å²) in [6, 6.07) is 7.46. The zero-order chi connectivity index (χ0) is 15.2. The van der Waals surface area contributed by atoms with Crippen molar-refractivity contribution in [2.24, 2.45) is 0 Å². The molecule has 1 aromatic carbocycles. The molecule has 0 saturated heterocycles. The van der Waals surface area contributed by atoms with E-state index in [0.29, 0.717) is 11.6 Å². The van der Waals surface area contributed by atoms with E-state index in [9.17, 15) is 9.59 Å². The number of aryl methyl sites for hydroxylation is 1. The highest BCUT2D eigenvalue weighted by Crippen LogP contribution is 2.22. The third kappa shape index (κ3) is 4.49. The highest BCUT2D eigenvalue weighted by Gasteiger charge is 2.22. The van der Waals surface area contributed by atoms with E-state index in [0.717, 1.165) is 30.4 Å². The third-order valence-electron chi connectivity index (χ3n) is 3.96. The fourth-order valence-electron chi connectivity index (χ4n) is 2.54. The Balaban J connectivity index is 1.82. The first-order valence-corrected chi connectivity index (χ1v) is 8.20. The van der Waals surface area contributed by atoms with Crippen LogP contribution in [-0.2, 0) is 0 Å². The van der Waals surface area contributed by atoms with Crippen LogP contribution in [0.4, 0.5) is 4.79 Å². The van der Waals surface area contributed by atoms with Crippen LogP contribution in [0, 0.1) is 6.92 Å². The second kappa shape index (κ2) is 7.50. The molecule has 5 heteroatoms. The van der Waals surface area contributed by atoms with Gasteiger partial charge in [0.15, 0.2) is 0 Å². The normalized spacial score (nSPS) is 15.5. The second-order valence-electron chi connectivity index (χ2n) is 5.57. The van der Waals surface area contributed by atoms with E-state index in [2.05, 4.69) is 4.72 Å². The largest absolute Gasteiger partial charge is 0.327 e. The van der Waals surface area contributed by atoms with Crippen LogP contribution in [0.25, 0.3) is 0 Å². The lowest BCUT2D eigenvalue weighted by Crippen LogP contribution is -2.42. The van der Waals surface area contributed by atoms with Crippen molar-refractivity contribution in [2.45, 2.75) is 45.1 Å². The van der Waals surface area contributed by atoms with Crippen molar-refractivity contribution in [1.82, 2.24) is 9.62 Å². The van der Waals surface area contributed by atoms with Crippen LogP contribution >= 0.6 is 11.9 Å². The number of hydrogen-bond donors (Lipinski definition) is 1. The predicted molar refractivity (Wildman–Crippen MR) is 86.3 cm³/mol. The van der Waals surface area contributed by atoms with E-state index in [-0.39, 0.29) is 11.1 Å². The van der Waals surface area contributed by atoms with Crippen molar-refractivity contribution in [3.63, 3.8) is 0 Å². The van der Waals surface area contributed by atoms with Gasteiger partial charge in [-0.05, 0) is 19.8 Å².